The monoisotopic (exact) mass is 557 g/mol. The van der Waals surface area contributed by atoms with E-state index in [4.69, 9.17) is 9.73 Å². The summed E-state index contributed by atoms with van der Waals surface area (Å²) in [6.07, 6.45) is 3.85. The Hall–Kier alpha value is -4.29. The number of ether oxygens (including phenoxy) is 1. The van der Waals surface area contributed by atoms with Gasteiger partial charge < -0.3 is 10.1 Å². The van der Waals surface area contributed by atoms with E-state index >= 15 is 0 Å². The van der Waals surface area contributed by atoms with Gasteiger partial charge in [-0.2, -0.15) is 0 Å². The average molecular weight is 558 g/mol. The van der Waals surface area contributed by atoms with Crippen LogP contribution in [0.1, 0.15) is 64.6 Å². The molecule has 0 amide bonds. The van der Waals surface area contributed by atoms with Crippen LogP contribution in [-0.4, -0.2) is 41.8 Å². The lowest BCUT2D eigenvalue weighted by Crippen LogP contribution is -2.42. The fraction of sp³-hybridized carbons (Fsp3) is 0.306. The van der Waals surface area contributed by atoms with Crippen molar-refractivity contribution >= 4 is 23.0 Å². The van der Waals surface area contributed by atoms with Crippen molar-refractivity contribution in [2.45, 2.75) is 45.6 Å². The normalized spacial score (nSPS) is 19.5. The van der Waals surface area contributed by atoms with Gasteiger partial charge in [0.25, 0.3) is 0 Å². The molecule has 1 atom stereocenters. The number of fused-ring (bicyclic) bond motifs is 6. The fourth-order valence-electron chi connectivity index (χ4n) is 6.44. The molecule has 4 aliphatic rings. The zero-order valence-electron chi connectivity index (χ0n) is 24.4. The molecular formula is C36H35N3O3. The Bertz CT molecular complexity index is 1720. The van der Waals surface area contributed by atoms with Crippen molar-refractivity contribution in [3.05, 3.63) is 118 Å². The molecule has 3 aromatic rings. The number of aliphatic imine (C=N–C) groups is 1. The summed E-state index contributed by atoms with van der Waals surface area (Å²) in [6.45, 7) is 10.1. The number of allylic oxidation sites excluding steroid dienone is 3. The Labute approximate surface area is 246 Å². The van der Waals surface area contributed by atoms with Crippen molar-refractivity contribution in [2.75, 3.05) is 19.6 Å². The fourth-order valence-corrected chi connectivity index (χ4v) is 6.44. The predicted molar refractivity (Wildman–Crippen MR) is 165 cm³/mol. The van der Waals surface area contributed by atoms with Crippen LogP contribution in [0.2, 0.25) is 0 Å². The number of carbonyl (C=O) groups is 2. The Morgan fingerprint density at radius 2 is 1.74 bits per heavy atom. The third-order valence-corrected chi connectivity index (χ3v) is 8.79. The number of hydrogen-bond acceptors (Lipinski definition) is 6. The molecule has 0 fully saturated rings. The second-order valence-electron chi connectivity index (χ2n) is 12.6. The van der Waals surface area contributed by atoms with Crippen LogP contribution in [0.5, 0.6) is 5.75 Å². The second-order valence-corrected chi connectivity index (χ2v) is 12.6. The minimum absolute atomic E-state index is 0.0466. The molecule has 1 unspecified atom stereocenters. The SMILES string of the molecule is CC(C)(C)c1ccc2c(c1)OC1=CC(NCCCN3CCc4ccccc4C3)=C3C(=O)c4ccccc4C(=O)C3C1=N2. The van der Waals surface area contributed by atoms with Crippen molar-refractivity contribution in [2.24, 2.45) is 10.9 Å². The highest BCUT2D eigenvalue weighted by Crippen LogP contribution is 2.44. The van der Waals surface area contributed by atoms with Crippen LogP contribution in [0.4, 0.5) is 5.69 Å². The Morgan fingerprint density at radius 3 is 2.55 bits per heavy atom. The number of nitrogens with one attached hydrogen (secondary N) is 1. The molecule has 1 N–H and O–H groups in total. The maximum absolute atomic E-state index is 13.9. The van der Waals surface area contributed by atoms with E-state index in [2.05, 4.69) is 61.3 Å². The van der Waals surface area contributed by atoms with Crippen molar-refractivity contribution in [3.8, 4) is 5.75 Å². The first kappa shape index (κ1) is 26.6. The van der Waals surface area contributed by atoms with E-state index in [-0.39, 0.29) is 17.0 Å². The van der Waals surface area contributed by atoms with Crippen LogP contribution in [0.3, 0.4) is 0 Å². The molecule has 0 radical (unpaired) electrons. The van der Waals surface area contributed by atoms with E-state index in [1.165, 1.54) is 11.1 Å². The topological polar surface area (TPSA) is 71.0 Å². The highest BCUT2D eigenvalue weighted by Gasteiger charge is 2.46. The second kappa shape index (κ2) is 10.2. The summed E-state index contributed by atoms with van der Waals surface area (Å²) < 4.78 is 6.44. The van der Waals surface area contributed by atoms with Gasteiger partial charge >= 0.3 is 0 Å². The zero-order valence-corrected chi connectivity index (χ0v) is 24.4. The number of nitrogens with zero attached hydrogens (tertiary/aromatic N) is 2. The van der Waals surface area contributed by atoms with E-state index in [9.17, 15) is 9.59 Å². The van der Waals surface area contributed by atoms with Gasteiger partial charge in [-0.15, -0.1) is 0 Å². The molecule has 2 aliphatic carbocycles. The summed E-state index contributed by atoms with van der Waals surface area (Å²) in [6, 6.07) is 21.8. The van der Waals surface area contributed by atoms with Crippen LogP contribution in [0.15, 0.2) is 94.8 Å². The molecular weight excluding hydrogens is 522 g/mol. The lowest BCUT2D eigenvalue weighted by atomic mass is 9.72. The van der Waals surface area contributed by atoms with Crippen molar-refractivity contribution < 1.29 is 14.3 Å². The summed E-state index contributed by atoms with van der Waals surface area (Å²) in [5.74, 6) is 0.147. The molecule has 7 rings (SSSR count). The number of benzene rings is 3. The number of ketones is 2. The summed E-state index contributed by atoms with van der Waals surface area (Å²) in [5.41, 5.74) is 7.14. The van der Waals surface area contributed by atoms with E-state index in [0.29, 0.717) is 51.8 Å². The smallest absolute Gasteiger partial charge is 0.192 e. The minimum atomic E-state index is -0.802. The largest absolute Gasteiger partial charge is 0.453 e. The van der Waals surface area contributed by atoms with Crippen LogP contribution in [0.25, 0.3) is 0 Å². The molecule has 6 heteroatoms. The number of Topliss-reactive ketones (excluding diaryl/α,β-unsaturated/α-hetero) is 2. The first-order valence-electron chi connectivity index (χ1n) is 14.9. The molecule has 0 saturated carbocycles. The molecule has 6 nitrogen and oxygen atoms in total. The van der Waals surface area contributed by atoms with Crippen molar-refractivity contribution in [1.82, 2.24) is 10.2 Å². The van der Waals surface area contributed by atoms with Gasteiger partial charge in [0.15, 0.2) is 23.1 Å². The van der Waals surface area contributed by atoms with Gasteiger partial charge in [0, 0.05) is 54.7 Å². The zero-order chi connectivity index (χ0) is 29.0. The Morgan fingerprint density at radius 1 is 0.976 bits per heavy atom. The third-order valence-electron chi connectivity index (χ3n) is 8.79. The first-order valence-corrected chi connectivity index (χ1v) is 14.9. The molecule has 0 saturated heterocycles. The lowest BCUT2D eigenvalue weighted by molar-refractivity contribution is 0.0908. The highest BCUT2D eigenvalue weighted by atomic mass is 16.5. The quantitative estimate of drug-likeness (QED) is 0.371. The summed E-state index contributed by atoms with van der Waals surface area (Å²) >= 11 is 0. The van der Waals surface area contributed by atoms with Gasteiger partial charge in [-0.05, 0) is 47.1 Å². The Kier molecular flexibility index (Phi) is 6.47. The van der Waals surface area contributed by atoms with Gasteiger partial charge in [0.05, 0.1) is 11.6 Å². The molecule has 0 aromatic heterocycles. The number of carbonyl (C=O) groups excluding carboxylic acids is 2. The van der Waals surface area contributed by atoms with Crippen LogP contribution < -0.4 is 10.1 Å². The predicted octanol–water partition coefficient (Wildman–Crippen LogP) is 6.33. The van der Waals surface area contributed by atoms with Gasteiger partial charge in [0.1, 0.15) is 5.69 Å². The molecule has 212 valence electrons. The molecule has 3 aromatic carbocycles. The number of rotatable bonds is 5. The molecule has 2 aliphatic heterocycles. The van der Waals surface area contributed by atoms with Crippen molar-refractivity contribution in [3.63, 3.8) is 0 Å². The minimum Gasteiger partial charge on any atom is -0.453 e. The van der Waals surface area contributed by atoms with Gasteiger partial charge in [0.2, 0.25) is 0 Å². The van der Waals surface area contributed by atoms with Gasteiger partial charge in [-0.25, -0.2) is 4.99 Å². The molecule has 0 spiro atoms. The van der Waals surface area contributed by atoms with E-state index in [0.717, 1.165) is 38.0 Å². The maximum atomic E-state index is 13.9. The van der Waals surface area contributed by atoms with Crippen LogP contribution >= 0.6 is 0 Å². The average Bonchev–Trinajstić information content (AvgIpc) is 2.99. The van der Waals surface area contributed by atoms with Crippen LogP contribution in [0, 0.1) is 5.92 Å². The van der Waals surface area contributed by atoms with Gasteiger partial charge in [-0.3, -0.25) is 14.5 Å². The molecule has 0 bridgehead atoms. The van der Waals surface area contributed by atoms with E-state index in [1.807, 2.05) is 24.3 Å². The summed E-state index contributed by atoms with van der Waals surface area (Å²) in [5, 5.41) is 3.52. The van der Waals surface area contributed by atoms with Gasteiger partial charge in [-0.1, -0.05) is 75.4 Å². The van der Waals surface area contributed by atoms with E-state index in [1.54, 1.807) is 18.2 Å². The summed E-state index contributed by atoms with van der Waals surface area (Å²) in [7, 11) is 0. The standard InChI is InChI=1S/C36H35N3O3/c1-36(2,3)24-13-14-27-29(19-24)42-30-20-28(37-16-8-17-39-18-15-22-9-4-5-10-23(22)21-39)31-32(33(30)38-27)35(41)26-12-7-6-11-25(26)34(31)40/h4-7,9-14,19-20,32,37H,8,15-18,21H2,1-3H3. The van der Waals surface area contributed by atoms with E-state index < -0.39 is 5.92 Å². The molecule has 42 heavy (non-hydrogen) atoms. The van der Waals surface area contributed by atoms with Crippen molar-refractivity contribution in [1.29, 1.82) is 0 Å². The summed E-state index contributed by atoms with van der Waals surface area (Å²) in [4.78, 5) is 35.2. The lowest BCUT2D eigenvalue weighted by Gasteiger charge is -2.34. The number of hydrogen-bond donors (Lipinski definition) is 1. The Balaban J connectivity index is 1.18. The first-order chi connectivity index (χ1) is 20.3. The third kappa shape index (κ3) is 4.60. The highest BCUT2D eigenvalue weighted by molar-refractivity contribution is 6.33. The molecule has 2 heterocycles. The van der Waals surface area contributed by atoms with Crippen LogP contribution in [-0.2, 0) is 18.4 Å². The maximum Gasteiger partial charge on any atom is 0.192 e.